The second-order valence-electron chi connectivity index (χ2n) is 3.04. The second kappa shape index (κ2) is 4.21. The lowest BCUT2D eigenvalue weighted by molar-refractivity contribution is 0.112. The Morgan fingerprint density at radius 2 is 2.20 bits per heavy atom. The number of hydrogen-bond acceptors (Lipinski definition) is 3. The van der Waals surface area contributed by atoms with Crippen LogP contribution in [0.15, 0.2) is 29.2 Å². The van der Waals surface area contributed by atoms with E-state index in [2.05, 4.69) is 4.98 Å². The first kappa shape index (κ1) is 10.5. The molecule has 0 N–H and O–H groups in total. The molecule has 0 aliphatic carbocycles. The molecule has 0 amide bonds. The van der Waals surface area contributed by atoms with Crippen LogP contribution in [-0.2, 0) is 0 Å². The Hall–Kier alpha value is -1.06. The Kier molecular flexibility index (Phi) is 2.93. The van der Waals surface area contributed by atoms with Gasteiger partial charge in [0, 0.05) is 10.3 Å². The molecule has 1 aromatic heterocycles. The van der Waals surface area contributed by atoms with E-state index in [1.165, 1.54) is 0 Å². The van der Waals surface area contributed by atoms with Gasteiger partial charge in [-0.1, -0.05) is 11.6 Å². The number of fused-ring (bicyclic) bond motifs is 1. The molecule has 0 saturated carbocycles. The van der Waals surface area contributed by atoms with Crippen molar-refractivity contribution in [3.05, 3.63) is 35.0 Å². The lowest BCUT2D eigenvalue weighted by Crippen LogP contribution is -1.88. The number of thioether (sulfide) groups is 1. The number of hydrogen-bond donors (Lipinski definition) is 0. The maximum atomic E-state index is 10.7. The molecule has 15 heavy (non-hydrogen) atoms. The summed E-state index contributed by atoms with van der Waals surface area (Å²) in [4.78, 5) is 16.0. The molecule has 0 aliphatic rings. The molecule has 0 aliphatic heterocycles. The molecule has 0 saturated heterocycles. The third-order valence-corrected chi connectivity index (χ3v) is 3.16. The monoisotopic (exact) mass is 237 g/mol. The molecule has 2 aromatic rings. The molecule has 0 radical (unpaired) electrons. The van der Waals surface area contributed by atoms with Crippen molar-refractivity contribution in [1.82, 2.24) is 4.98 Å². The zero-order chi connectivity index (χ0) is 10.8. The van der Waals surface area contributed by atoms with E-state index < -0.39 is 0 Å². The van der Waals surface area contributed by atoms with Crippen LogP contribution < -0.4 is 0 Å². The summed E-state index contributed by atoms with van der Waals surface area (Å²) in [5.74, 6) is 0. The third kappa shape index (κ3) is 1.98. The van der Waals surface area contributed by atoms with E-state index in [0.717, 1.165) is 22.1 Å². The van der Waals surface area contributed by atoms with E-state index in [0.29, 0.717) is 5.56 Å². The molecule has 4 heteroatoms. The van der Waals surface area contributed by atoms with E-state index >= 15 is 0 Å². The molecule has 0 unspecified atom stereocenters. The van der Waals surface area contributed by atoms with Crippen molar-refractivity contribution < 1.29 is 4.79 Å². The van der Waals surface area contributed by atoms with Crippen LogP contribution in [0.5, 0.6) is 0 Å². The number of aromatic nitrogens is 1. The van der Waals surface area contributed by atoms with Gasteiger partial charge < -0.3 is 0 Å². The van der Waals surface area contributed by atoms with Crippen LogP contribution in [0.2, 0.25) is 5.15 Å². The van der Waals surface area contributed by atoms with Crippen molar-refractivity contribution in [2.24, 2.45) is 0 Å². The molecule has 1 heterocycles. The lowest BCUT2D eigenvalue weighted by atomic mass is 10.2. The number of pyridine rings is 1. The molecular weight excluding hydrogens is 230 g/mol. The maximum absolute atomic E-state index is 10.7. The molecule has 76 valence electrons. The highest BCUT2D eigenvalue weighted by Gasteiger charge is 2.04. The first-order valence-electron chi connectivity index (χ1n) is 4.34. The van der Waals surface area contributed by atoms with Crippen LogP contribution in [0, 0.1) is 0 Å². The first-order valence-corrected chi connectivity index (χ1v) is 5.94. The van der Waals surface area contributed by atoms with Gasteiger partial charge in [0.15, 0.2) is 6.29 Å². The van der Waals surface area contributed by atoms with E-state index in [4.69, 9.17) is 11.6 Å². The summed E-state index contributed by atoms with van der Waals surface area (Å²) in [5.41, 5.74) is 1.24. The molecular formula is C11H8ClNOS. The second-order valence-corrected chi connectivity index (χ2v) is 4.28. The van der Waals surface area contributed by atoms with Gasteiger partial charge in [0.25, 0.3) is 0 Å². The van der Waals surface area contributed by atoms with Crippen molar-refractivity contribution in [3.63, 3.8) is 0 Å². The Balaban J connectivity index is 2.71. The van der Waals surface area contributed by atoms with Crippen molar-refractivity contribution in [2.45, 2.75) is 4.90 Å². The summed E-state index contributed by atoms with van der Waals surface area (Å²) in [6.07, 6.45) is 2.73. The Bertz CT molecular complexity index is 527. The molecule has 2 nitrogen and oxygen atoms in total. The van der Waals surface area contributed by atoms with E-state index in [1.54, 1.807) is 17.8 Å². The molecule has 2 rings (SSSR count). The number of carbonyl (C=O) groups excluding carboxylic acids is 1. The SMILES string of the molecule is CSc1ccc2nc(Cl)c(C=O)cc2c1. The van der Waals surface area contributed by atoms with Gasteiger partial charge in [-0.05, 0) is 30.5 Å². The van der Waals surface area contributed by atoms with Crippen molar-refractivity contribution in [1.29, 1.82) is 0 Å². The van der Waals surface area contributed by atoms with Crippen molar-refractivity contribution in [3.8, 4) is 0 Å². The van der Waals surface area contributed by atoms with Gasteiger partial charge >= 0.3 is 0 Å². The van der Waals surface area contributed by atoms with Crippen molar-refractivity contribution in [2.75, 3.05) is 6.26 Å². The fraction of sp³-hybridized carbons (Fsp3) is 0.0909. The van der Waals surface area contributed by atoms with Gasteiger partial charge in [-0.2, -0.15) is 0 Å². The largest absolute Gasteiger partial charge is 0.298 e. The number of carbonyl (C=O) groups is 1. The number of rotatable bonds is 2. The fourth-order valence-corrected chi connectivity index (χ4v) is 2.00. The fourth-order valence-electron chi connectivity index (χ4n) is 1.36. The quantitative estimate of drug-likeness (QED) is 0.455. The third-order valence-electron chi connectivity index (χ3n) is 2.13. The minimum Gasteiger partial charge on any atom is -0.298 e. The number of aldehydes is 1. The number of benzene rings is 1. The standard InChI is InChI=1S/C11H8ClNOS/c1-15-9-2-3-10-7(5-9)4-8(6-14)11(12)13-10/h2-6H,1H3. The van der Waals surface area contributed by atoms with Crippen LogP contribution in [0.3, 0.4) is 0 Å². The van der Waals surface area contributed by atoms with Crippen LogP contribution >= 0.6 is 23.4 Å². The summed E-state index contributed by atoms with van der Waals surface area (Å²) in [5, 5.41) is 1.20. The summed E-state index contributed by atoms with van der Waals surface area (Å²) in [6.45, 7) is 0. The molecule has 0 spiro atoms. The average Bonchev–Trinajstić information content (AvgIpc) is 2.27. The predicted octanol–water partition coefficient (Wildman–Crippen LogP) is 3.42. The van der Waals surface area contributed by atoms with Gasteiger partial charge in [0.2, 0.25) is 0 Å². The number of halogens is 1. The van der Waals surface area contributed by atoms with Crippen LogP contribution in [0.1, 0.15) is 10.4 Å². The topological polar surface area (TPSA) is 30.0 Å². The summed E-state index contributed by atoms with van der Waals surface area (Å²) < 4.78 is 0. The Morgan fingerprint density at radius 1 is 1.40 bits per heavy atom. The molecule has 0 fully saturated rings. The highest BCUT2D eigenvalue weighted by molar-refractivity contribution is 7.98. The minimum absolute atomic E-state index is 0.259. The maximum Gasteiger partial charge on any atom is 0.153 e. The van der Waals surface area contributed by atoms with Gasteiger partial charge in [-0.25, -0.2) is 4.98 Å². The minimum atomic E-state index is 0.259. The summed E-state index contributed by atoms with van der Waals surface area (Å²) >= 11 is 7.48. The zero-order valence-corrected chi connectivity index (χ0v) is 9.60. The molecule has 1 aromatic carbocycles. The van der Waals surface area contributed by atoms with E-state index in [1.807, 2.05) is 24.5 Å². The van der Waals surface area contributed by atoms with Crippen LogP contribution in [0.25, 0.3) is 10.9 Å². The van der Waals surface area contributed by atoms with Gasteiger partial charge in [0.05, 0.1) is 11.1 Å². The summed E-state index contributed by atoms with van der Waals surface area (Å²) in [6, 6.07) is 7.65. The lowest BCUT2D eigenvalue weighted by Gasteiger charge is -2.02. The van der Waals surface area contributed by atoms with E-state index in [-0.39, 0.29) is 5.15 Å². The Labute approximate surface area is 96.7 Å². The predicted molar refractivity (Wildman–Crippen MR) is 63.9 cm³/mol. The van der Waals surface area contributed by atoms with Crippen LogP contribution in [-0.4, -0.2) is 17.5 Å². The zero-order valence-electron chi connectivity index (χ0n) is 8.03. The van der Waals surface area contributed by atoms with E-state index in [9.17, 15) is 4.79 Å². The molecule has 0 bridgehead atoms. The molecule has 0 atom stereocenters. The van der Waals surface area contributed by atoms with Gasteiger partial charge in [0.1, 0.15) is 5.15 Å². The summed E-state index contributed by atoms with van der Waals surface area (Å²) in [7, 11) is 0. The normalized spacial score (nSPS) is 10.5. The van der Waals surface area contributed by atoms with Gasteiger partial charge in [-0.15, -0.1) is 11.8 Å². The first-order chi connectivity index (χ1) is 7.24. The average molecular weight is 238 g/mol. The number of nitrogens with zero attached hydrogens (tertiary/aromatic N) is 1. The smallest absolute Gasteiger partial charge is 0.153 e. The van der Waals surface area contributed by atoms with Gasteiger partial charge in [-0.3, -0.25) is 4.79 Å². The highest BCUT2D eigenvalue weighted by atomic mass is 35.5. The van der Waals surface area contributed by atoms with Crippen molar-refractivity contribution >= 4 is 40.6 Å². The Morgan fingerprint density at radius 3 is 2.87 bits per heavy atom. The highest BCUT2D eigenvalue weighted by Crippen LogP contribution is 2.23. The van der Waals surface area contributed by atoms with Crippen LogP contribution in [0.4, 0.5) is 0 Å².